The second kappa shape index (κ2) is 6.85. The third-order valence-corrected chi connectivity index (χ3v) is 3.62. The molecule has 0 amide bonds. The molecule has 0 aliphatic rings. The van der Waals surface area contributed by atoms with Crippen LogP contribution in [0.1, 0.15) is 13.3 Å². The van der Waals surface area contributed by atoms with E-state index in [9.17, 15) is 18.0 Å². The molecule has 0 atom stereocenters. The number of rotatable bonds is 7. The molecule has 1 rings (SSSR count). The van der Waals surface area contributed by atoms with Gasteiger partial charge in [0.1, 0.15) is 0 Å². The summed E-state index contributed by atoms with van der Waals surface area (Å²) in [5, 5.41) is 0. The van der Waals surface area contributed by atoms with Crippen LogP contribution in [0.15, 0.2) is 35.2 Å². The summed E-state index contributed by atoms with van der Waals surface area (Å²) < 4.78 is 28.1. The number of ketones is 2. The molecule has 0 bridgehead atoms. The van der Waals surface area contributed by atoms with Crippen molar-refractivity contribution in [2.75, 3.05) is 6.61 Å². The predicted molar refractivity (Wildman–Crippen MR) is 68.5 cm³/mol. The zero-order valence-electron chi connectivity index (χ0n) is 10.6. The molecule has 0 heterocycles. The average molecular weight is 296 g/mol. The van der Waals surface area contributed by atoms with Crippen molar-refractivity contribution in [1.29, 1.82) is 0 Å². The summed E-state index contributed by atoms with van der Waals surface area (Å²) in [4.78, 5) is 24.9. The van der Waals surface area contributed by atoms with Crippen LogP contribution in [-0.4, -0.2) is 37.1 Å². The van der Waals surface area contributed by atoms with E-state index in [4.69, 9.17) is 5.53 Å². The Balaban J connectivity index is 2.64. The third-order valence-electron chi connectivity index (χ3n) is 2.30. The number of Topliss-reactive ketones (excluding diaryl/α,β-unsaturated/α-hetero) is 2. The van der Waals surface area contributed by atoms with Gasteiger partial charge in [0.2, 0.25) is 11.6 Å². The van der Waals surface area contributed by atoms with E-state index in [0.717, 1.165) is 6.92 Å². The van der Waals surface area contributed by atoms with E-state index in [1.165, 1.54) is 24.3 Å². The van der Waals surface area contributed by atoms with Gasteiger partial charge in [-0.3, -0.25) is 13.8 Å². The van der Waals surface area contributed by atoms with E-state index in [2.05, 4.69) is 8.97 Å². The van der Waals surface area contributed by atoms with Crippen LogP contribution in [0.4, 0.5) is 0 Å². The zero-order chi connectivity index (χ0) is 15.2. The first-order valence-electron chi connectivity index (χ1n) is 5.59. The smallest absolute Gasteiger partial charge is 0.360 e. The molecule has 0 N–H and O–H groups in total. The van der Waals surface area contributed by atoms with Crippen LogP contribution >= 0.6 is 0 Å². The molecule has 0 radical (unpaired) electrons. The predicted octanol–water partition coefficient (Wildman–Crippen LogP) is 0.611. The van der Waals surface area contributed by atoms with Crippen LogP contribution in [0, 0.1) is 0 Å². The maximum Gasteiger partial charge on any atom is 0.399 e. The fourth-order valence-electron chi connectivity index (χ4n) is 1.34. The maximum atomic E-state index is 11.7. The van der Waals surface area contributed by atoms with Gasteiger partial charge in [-0.1, -0.05) is 18.2 Å². The van der Waals surface area contributed by atoms with Crippen molar-refractivity contribution in [2.45, 2.75) is 18.2 Å². The summed E-state index contributed by atoms with van der Waals surface area (Å²) in [5.41, 5.74) is 7.86. The number of hydrogen-bond donors (Lipinski definition) is 0. The first-order chi connectivity index (χ1) is 9.38. The molecule has 0 saturated heterocycles. The molecule has 0 unspecified atom stereocenters. The van der Waals surface area contributed by atoms with E-state index >= 15 is 0 Å². The Kier molecular flexibility index (Phi) is 5.45. The highest BCUT2D eigenvalue weighted by molar-refractivity contribution is 7.86. The molecular weight excluding hydrogens is 284 g/mol. The van der Waals surface area contributed by atoms with E-state index in [0.29, 0.717) is 0 Å². The summed E-state index contributed by atoms with van der Waals surface area (Å²) >= 11 is 0. The monoisotopic (exact) mass is 296 g/mol. The van der Waals surface area contributed by atoms with Crippen molar-refractivity contribution in [3.05, 3.63) is 35.9 Å². The topological polar surface area (TPSA) is 114 Å². The molecule has 20 heavy (non-hydrogen) atoms. The number of hydrogen-bond acceptors (Lipinski definition) is 5. The Labute approximate surface area is 115 Å². The molecule has 106 valence electrons. The first kappa shape index (κ1) is 15.9. The van der Waals surface area contributed by atoms with Crippen LogP contribution < -0.4 is 0 Å². The normalized spacial score (nSPS) is 10.7. The van der Waals surface area contributed by atoms with Crippen LogP contribution in [0.2, 0.25) is 0 Å². The first-order valence-corrected chi connectivity index (χ1v) is 7.00. The summed E-state index contributed by atoms with van der Waals surface area (Å²) in [6.07, 6.45) is -0.384. The quantitative estimate of drug-likeness (QED) is 0.240. The Hall–Kier alpha value is -2.15. The minimum atomic E-state index is -3.95. The molecule has 8 heteroatoms. The molecule has 0 saturated carbocycles. The molecule has 0 aliphatic carbocycles. The van der Waals surface area contributed by atoms with Crippen molar-refractivity contribution >= 4 is 27.4 Å². The van der Waals surface area contributed by atoms with E-state index in [1.807, 2.05) is 0 Å². The van der Waals surface area contributed by atoms with Gasteiger partial charge in [0.05, 0.1) is 11.5 Å². The van der Waals surface area contributed by atoms with Gasteiger partial charge in [0, 0.05) is 13.3 Å². The zero-order valence-corrected chi connectivity index (χ0v) is 11.5. The van der Waals surface area contributed by atoms with Gasteiger partial charge in [-0.2, -0.15) is 13.2 Å². The summed E-state index contributed by atoms with van der Waals surface area (Å²) in [5.74, 6) is -1.49. The lowest BCUT2D eigenvalue weighted by Gasteiger charge is -2.03. The number of carbonyl (C=O) groups excluding carboxylic acids is 2. The van der Waals surface area contributed by atoms with Crippen LogP contribution in [0.3, 0.4) is 0 Å². The van der Waals surface area contributed by atoms with Gasteiger partial charge in [0.15, 0.2) is 0 Å². The molecule has 0 aliphatic heterocycles. The Bertz CT molecular complexity index is 660. The van der Waals surface area contributed by atoms with Crippen LogP contribution in [0.25, 0.3) is 5.53 Å². The highest BCUT2D eigenvalue weighted by atomic mass is 32.2. The van der Waals surface area contributed by atoms with Gasteiger partial charge < -0.3 is 5.53 Å². The third kappa shape index (κ3) is 4.20. The van der Waals surface area contributed by atoms with Gasteiger partial charge >= 0.3 is 5.71 Å². The number of benzene rings is 1. The van der Waals surface area contributed by atoms with Gasteiger partial charge in [0.25, 0.3) is 10.1 Å². The Morgan fingerprint density at radius 1 is 1.25 bits per heavy atom. The van der Waals surface area contributed by atoms with Gasteiger partial charge in [-0.25, -0.2) is 0 Å². The molecule has 1 aromatic rings. The van der Waals surface area contributed by atoms with E-state index < -0.39 is 34.0 Å². The molecule has 1 aromatic carbocycles. The Morgan fingerprint density at radius 3 is 2.35 bits per heavy atom. The van der Waals surface area contributed by atoms with Crippen molar-refractivity contribution in [3.63, 3.8) is 0 Å². The lowest BCUT2D eigenvalue weighted by atomic mass is 10.1. The second-order valence-corrected chi connectivity index (χ2v) is 5.38. The van der Waals surface area contributed by atoms with Crippen LogP contribution in [0.5, 0.6) is 0 Å². The van der Waals surface area contributed by atoms with Gasteiger partial charge in [-0.15, -0.1) is 0 Å². The summed E-state index contributed by atoms with van der Waals surface area (Å²) in [7, 11) is -3.95. The second-order valence-electron chi connectivity index (χ2n) is 3.77. The highest BCUT2D eigenvalue weighted by Crippen LogP contribution is 2.11. The summed E-state index contributed by atoms with van der Waals surface area (Å²) in [6.45, 7) is 0.622. The van der Waals surface area contributed by atoms with Crippen molar-refractivity contribution in [1.82, 2.24) is 0 Å². The molecule has 0 spiro atoms. The fraction of sp³-hybridized carbons (Fsp3) is 0.250. The molecule has 0 fully saturated rings. The van der Waals surface area contributed by atoms with Crippen molar-refractivity contribution < 1.29 is 27.0 Å². The average Bonchev–Trinajstić information content (AvgIpc) is 2.40. The molecule has 7 nitrogen and oxygen atoms in total. The lowest BCUT2D eigenvalue weighted by Crippen LogP contribution is -2.24. The fourth-order valence-corrected chi connectivity index (χ4v) is 2.27. The standard InChI is InChI=1S/C12H12N2O5S/c1-9(15)12(14-13)11(16)7-8-19-20(17,18)10-5-3-2-4-6-10/h2-6H,7-8H2,1H3. The highest BCUT2D eigenvalue weighted by Gasteiger charge is 2.25. The number of carbonyl (C=O) groups is 2. The largest absolute Gasteiger partial charge is 0.399 e. The van der Waals surface area contributed by atoms with Crippen molar-refractivity contribution in [3.8, 4) is 0 Å². The van der Waals surface area contributed by atoms with Gasteiger partial charge in [-0.05, 0) is 12.1 Å². The van der Waals surface area contributed by atoms with E-state index in [-0.39, 0.29) is 11.3 Å². The SMILES string of the molecule is CC(=O)C(=[N+]=[N-])C(=O)CCOS(=O)(=O)c1ccccc1. The van der Waals surface area contributed by atoms with Crippen LogP contribution in [-0.2, 0) is 23.9 Å². The van der Waals surface area contributed by atoms with E-state index in [1.54, 1.807) is 6.07 Å². The molecular formula is C12H12N2O5S. The number of nitrogens with zero attached hydrogens (tertiary/aromatic N) is 2. The minimum Gasteiger partial charge on any atom is -0.360 e. The Morgan fingerprint density at radius 2 is 1.85 bits per heavy atom. The molecule has 0 aromatic heterocycles. The summed E-state index contributed by atoms with van der Waals surface area (Å²) in [6, 6.07) is 7.43. The minimum absolute atomic E-state index is 0.0323. The lowest BCUT2D eigenvalue weighted by molar-refractivity contribution is -0.123. The van der Waals surface area contributed by atoms with Crippen molar-refractivity contribution in [2.24, 2.45) is 0 Å². The maximum absolute atomic E-state index is 11.7.